The second-order valence-corrected chi connectivity index (χ2v) is 8.09. The molecule has 1 rings (SSSR count). The van der Waals surface area contributed by atoms with Gasteiger partial charge in [0.25, 0.3) is 0 Å². The highest BCUT2D eigenvalue weighted by molar-refractivity contribution is 14.0. The monoisotopic (exact) mass is 482 g/mol. The molecule has 144 valence electrons. The molecule has 0 radical (unpaired) electrons. The molecule has 6 nitrogen and oxygen atoms in total. The van der Waals surface area contributed by atoms with Crippen LogP contribution in [0.4, 0.5) is 4.79 Å². The molecule has 0 saturated heterocycles. The van der Waals surface area contributed by atoms with Gasteiger partial charge in [-0.3, -0.25) is 4.99 Å². The maximum Gasteiger partial charge on any atom is 0.407 e. The summed E-state index contributed by atoms with van der Waals surface area (Å²) in [6.45, 7) is 11.7. The Bertz CT molecular complexity index is 539. The van der Waals surface area contributed by atoms with E-state index >= 15 is 0 Å². The lowest BCUT2D eigenvalue weighted by Gasteiger charge is -2.25. The summed E-state index contributed by atoms with van der Waals surface area (Å²) in [4.78, 5) is 17.1. The molecule has 1 amide bonds. The molecule has 0 unspecified atom stereocenters. The SMILES string of the molecule is CN=C(NCCNC(=O)OC(C)(C)C)NCC(C)(C)c1cccs1.I. The van der Waals surface area contributed by atoms with Gasteiger partial charge < -0.3 is 20.7 Å². The number of hydrogen-bond donors (Lipinski definition) is 3. The predicted octanol–water partition coefficient (Wildman–Crippen LogP) is 3.33. The first-order chi connectivity index (χ1) is 11.1. The number of alkyl carbamates (subject to hydrolysis) is 1. The van der Waals surface area contributed by atoms with Gasteiger partial charge in [-0.2, -0.15) is 0 Å². The van der Waals surface area contributed by atoms with E-state index in [4.69, 9.17) is 4.74 Å². The predicted molar refractivity (Wildman–Crippen MR) is 116 cm³/mol. The molecular weight excluding hydrogens is 451 g/mol. The number of carbonyl (C=O) groups is 1. The highest BCUT2D eigenvalue weighted by Gasteiger charge is 2.22. The van der Waals surface area contributed by atoms with Crippen molar-refractivity contribution < 1.29 is 9.53 Å². The van der Waals surface area contributed by atoms with E-state index in [0.717, 1.165) is 6.54 Å². The summed E-state index contributed by atoms with van der Waals surface area (Å²) in [7, 11) is 1.73. The van der Waals surface area contributed by atoms with E-state index in [9.17, 15) is 4.79 Å². The summed E-state index contributed by atoms with van der Waals surface area (Å²) in [5, 5.41) is 11.3. The molecule has 0 aromatic carbocycles. The van der Waals surface area contributed by atoms with Crippen LogP contribution in [0.2, 0.25) is 0 Å². The zero-order valence-electron chi connectivity index (χ0n) is 15.9. The van der Waals surface area contributed by atoms with Crippen molar-refractivity contribution in [1.29, 1.82) is 0 Å². The van der Waals surface area contributed by atoms with Crippen LogP contribution in [0.25, 0.3) is 0 Å². The number of hydrogen-bond acceptors (Lipinski definition) is 4. The van der Waals surface area contributed by atoms with Gasteiger partial charge in [-0.15, -0.1) is 35.3 Å². The fraction of sp³-hybridized carbons (Fsp3) is 0.647. The summed E-state index contributed by atoms with van der Waals surface area (Å²) >= 11 is 1.76. The summed E-state index contributed by atoms with van der Waals surface area (Å²) < 4.78 is 5.18. The minimum atomic E-state index is -0.484. The van der Waals surface area contributed by atoms with E-state index in [1.54, 1.807) is 18.4 Å². The van der Waals surface area contributed by atoms with Gasteiger partial charge in [-0.05, 0) is 32.2 Å². The second kappa shape index (κ2) is 10.8. The quantitative estimate of drug-likeness (QED) is 0.252. The third-order valence-corrected chi connectivity index (χ3v) is 4.43. The second-order valence-electron chi connectivity index (χ2n) is 7.14. The van der Waals surface area contributed by atoms with Crippen molar-refractivity contribution in [2.24, 2.45) is 4.99 Å². The van der Waals surface area contributed by atoms with Gasteiger partial charge in [0, 0.05) is 37.0 Å². The van der Waals surface area contributed by atoms with E-state index in [1.807, 2.05) is 20.8 Å². The highest BCUT2D eigenvalue weighted by atomic mass is 127. The van der Waals surface area contributed by atoms with Gasteiger partial charge >= 0.3 is 6.09 Å². The number of aliphatic imine (C=N–C) groups is 1. The number of nitrogens with zero attached hydrogens (tertiary/aromatic N) is 1. The number of halogens is 1. The van der Waals surface area contributed by atoms with Gasteiger partial charge in [0.15, 0.2) is 5.96 Å². The normalized spacial score (nSPS) is 12.2. The van der Waals surface area contributed by atoms with Crippen molar-refractivity contribution in [2.45, 2.75) is 45.6 Å². The highest BCUT2D eigenvalue weighted by Crippen LogP contribution is 2.26. The first-order valence-electron chi connectivity index (χ1n) is 8.09. The zero-order chi connectivity index (χ0) is 18.2. The van der Waals surface area contributed by atoms with Crippen molar-refractivity contribution in [2.75, 3.05) is 26.7 Å². The van der Waals surface area contributed by atoms with Crippen LogP contribution in [0.15, 0.2) is 22.5 Å². The molecule has 1 heterocycles. The van der Waals surface area contributed by atoms with E-state index < -0.39 is 11.7 Å². The number of amides is 1. The minimum Gasteiger partial charge on any atom is -0.444 e. The molecule has 25 heavy (non-hydrogen) atoms. The Kier molecular flexibility index (Phi) is 10.4. The Labute approximate surface area is 172 Å². The number of rotatable bonds is 6. The lowest BCUT2D eigenvalue weighted by Crippen LogP contribution is -2.45. The molecule has 0 fully saturated rings. The number of nitrogens with one attached hydrogen (secondary N) is 3. The van der Waals surface area contributed by atoms with Crippen LogP contribution in [0.1, 0.15) is 39.5 Å². The van der Waals surface area contributed by atoms with Gasteiger partial charge in [0.05, 0.1) is 0 Å². The van der Waals surface area contributed by atoms with Gasteiger partial charge in [-0.1, -0.05) is 19.9 Å². The minimum absolute atomic E-state index is 0. The molecular formula is C17H31IN4O2S. The summed E-state index contributed by atoms with van der Waals surface area (Å²) in [5.74, 6) is 0.714. The summed E-state index contributed by atoms with van der Waals surface area (Å²) in [6.07, 6.45) is -0.411. The average molecular weight is 482 g/mol. The van der Waals surface area contributed by atoms with Crippen LogP contribution in [-0.2, 0) is 10.2 Å². The Morgan fingerprint density at radius 2 is 1.80 bits per heavy atom. The van der Waals surface area contributed by atoms with Gasteiger partial charge in [0.2, 0.25) is 0 Å². The standard InChI is InChI=1S/C17H30N4O2S.HI/c1-16(2,3)23-15(22)20-10-9-19-14(18-6)21-12-17(4,5)13-8-7-11-24-13;/h7-8,11H,9-10,12H2,1-6H3,(H,20,22)(H2,18,19,21);1H. The largest absolute Gasteiger partial charge is 0.444 e. The van der Waals surface area contributed by atoms with Crippen molar-refractivity contribution in [1.82, 2.24) is 16.0 Å². The number of carbonyl (C=O) groups excluding carboxylic acids is 1. The Morgan fingerprint density at radius 3 is 2.32 bits per heavy atom. The molecule has 8 heteroatoms. The molecule has 0 atom stereocenters. The van der Waals surface area contributed by atoms with Crippen LogP contribution in [0.3, 0.4) is 0 Å². The van der Waals surface area contributed by atoms with Crippen molar-refractivity contribution in [3.8, 4) is 0 Å². The van der Waals surface area contributed by atoms with Gasteiger partial charge in [0.1, 0.15) is 5.60 Å². The topological polar surface area (TPSA) is 74.8 Å². The van der Waals surface area contributed by atoms with E-state index in [1.165, 1.54) is 4.88 Å². The lowest BCUT2D eigenvalue weighted by atomic mass is 9.91. The van der Waals surface area contributed by atoms with E-state index in [0.29, 0.717) is 19.0 Å². The summed E-state index contributed by atoms with van der Waals surface area (Å²) in [6, 6.07) is 4.21. The molecule has 1 aromatic rings. The number of ether oxygens (including phenoxy) is 1. The molecule has 0 aliphatic carbocycles. The molecule has 3 N–H and O–H groups in total. The van der Waals surface area contributed by atoms with Crippen LogP contribution < -0.4 is 16.0 Å². The van der Waals surface area contributed by atoms with Crippen LogP contribution in [0.5, 0.6) is 0 Å². The van der Waals surface area contributed by atoms with Crippen molar-refractivity contribution in [3.05, 3.63) is 22.4 Å². The fourth-order valence-electron chi connectivity index (χ4n) is 1.94. The van der Waals surface area contributed by atoms with Gasteiger partial charge in [-0.25, -0.2) is 4.79 Å². The Hall–Kier alpha value is -1.03. The third-order valence-electron chi connectivity index (χ3n) is 3.20. The smallest absolute Gasteiger partial charge is 0.407 e. The molecule has 1 aromatic heterocycles. The molecule has 0 aliphatic rings. The molecule has 0 aliphatic heterocycles. The van der Waals surface area contributed by atoms with Crippen LogP contribution in [-0.4, -0.2) is 44.3 Å². The van der Waals surface area contributed by atoms with Crippen LogP contribution in [0, 0.1) is 0 Å². The Balaban J connectivity index is 0.00000576. The third kappa shape index (κ3) is 9.88. The fourth-order valence-corrected chi connectivity index (χ4v) is 2.79. The first kappa shape index (κ1) is 24.0. The zero-order valence-corrected chi connectivity index (χ0v) is 19.1. The molecule has 0 saturated carbocycles. The maximum atomic E-state index is 11.6. The maximum absolute atomic E-state index is 11.6. The lowest BCUT2D eigenvalue weighted by molar-refractivity contribution is 0.0529. The molecule has 0 spiro atoms. The van der Waals surface area contributed by atoms with Crippen molar-refractivity contribution >= 4 is 47.4 Å². The van der Waals surface area contributed by atoms with E-state index in [-0.39, 0.29) is 29.4 Å². The summed E-state index contributed by atoms with van der Waals surface area (Å²) in [5.41, 5.74) is -0.455. The number of guanidine groups is 1. The van der Waals surface area contributed by atoms with E-state index in [2.05, 4.69) is 52.3 Å². The first-order valence-corrected chi connectivity index (χ1v) is 8.97. The molecule has 0 bridgehead atoms. The average Bonchev–Trinajstić information content (AvgIpc) is 2.99. The Morgan fingerprint density at radius 1 is 1.16 bits per heavy atom. The van der Waals surface area contributed by atoms with Crippen molar-refractivity contribution in [3.63, 3.8) is 0 Å². The number of thiophene rings is 1. The van der Waals surface area contributed by atoms with Crippen LogP contribution >= 0.6 is 35.3 Å².